The number of thiophene rings is 1. The molecule has 0 spiro atoms. The third-order valence-electron chi connectivity index (χ3n) is 11.2. The summed E-state index contributed by atoms with van der Waals surface area (Å²) < 4.78 is 8.84. The molecule has 8 aromatic carbocycles. The van der Waals surface area contributed by atoms with Crippen LogP contribution in [0.25, 0.3) is 80.7 Å². The Morgan fingerprint density at radius 3 is 2.13 bits per heavy atom. The topological polar surface area (TPSA) is 16.4 Å². The smallest absolute Gasteiger partial charge is 0.136 e. The Morgan fingerprint density at radius 1 is 0.509 bits per heavy atom. The van der Waals surface area contributed by atoms with Crippen molar-refractivity contribution in [1.82, 2.24) is 0 Å². The first-order chi connectivity index (χ1) is 27.2. The van der Waals surface area contributed by atoms with Gasteiger partial charge in [-0.3, -0.25) is 0 Å². The van der Waals surface area contributed by atoms with E-state index in [2.05, 4.69) is 187 Å². The minimum Gasteiger partial charge on any atom is -0.456 e. The van der Waals surface area contributed by atoms with Crippen LogP contribution >= 0.6 is 11.3 Å². The summed E-state index contributed by atoms with van der Waals surface area (Å²) in [5.74, 6) is 0. The van der Waals surface area contributed by atoms with Crippen LogP contribution in [0.2, 0.25) is 0 Å². The standard InChI is InChI=1S/C52H35NOS/c1-2-10-34(11-3-1)35-20-26-40(27-21-35)53(42-13-8-12-38(33-42)44-16-9-17-46-45-14-5-7-19-50(45)55-52(44)46)41-28-22-36(23-29-41)37-24-30-43-39(32-37)25-31-49-51(43)47-15-4-6-18-48(47)54-49/h1-28,30-33,41H,29H2. The fourth-order valence-electron chi connectivity index (χ4n) is 8.52. The molecule has 2 nitrogen and oxygen atoms in total. The number of nitrogens with zero attached hydrogens (tertiary/aromatic N) is 1. The third kappa shape index (κ3) is 5.47. The zero-order valence-electron chi connectivity index (χ0n) is 30.0. The Hall–Kier alpha value is -6.68. The predicted molar refractivity (Wildman–Crippen MR) is 236 cm³/mol. The summed E-state index contributed by atoms with van der Waals surface area (Å²) in [5, 5.41) is 7.44. The highest BCUT2D eigenvalue weighted by atomic mass is 32.1. The molecule has 1 aliphatic carbocycles. The van der Waals surface area contributed by atoms with Gasteiger partial charge in [0.1, 0.15) is 11.2 Å². The second kappa shape index (κ2) is 13.0. The van der Waals surface area contributed by atoms with E-state index in [-0.39, 0.29) is 6.04 Å². The Kier molecular flexibility index (Phi) is 7.53. The lowest BCUT2D eigenvalue weighted by molar-refractivity contribution is 0.669. The largest absolute Gasteiger partial charge is 0.456 e. The highest BCUT2D eigenvalue weighted by molar-refractivity contribution is 7.26. The van der Waals surface area contributed by atoms with Gasteiger partial charge in [0.2, 0.25) is 0 Å². The molecule has 260 valence electrons. The van der Waals surface area contributed by atoms with Crippen molar-refractivity contribution in [3.05, 3.63) is 200 Å². The van der Waals surface area contributed by atoms with Gasteiger partial charge in [0, 0.05) is 42.3 Å². The normalized spacial score (nSPS) is 14.3. The molecule has 0 fully saturated rings. The molecule has 2 aromatic heterocycles. The first-order valence-corrected chi connectivity index (χ1v) is 19.7. The molecular weight excluding hydrogens is 687 g/mol. The summed E-state index contributed by atoms with van der Waals surface area (Å²) in [6.07, 6.45) is 7.99. The average Bonchev–Trinajstić information content (AvgIpc) is 3.84. The van der Waals surface area contributed by atoms with Gasteiger partial charge in [0.25, 0.3) is 0 Å². The van der Waals surface area contributed by atoms with Crippen molar-refractivity contribution in [3.63, 3.8) is 0 Å². The van der Waals surface area contributed by atoms with Crippen LogP contribution in [-0.2, 0) is 0 Å². The molecule has 0 amide bonds. The SMILES string of the molecule is C1=CC(N(c2ccc(-c3ccccc3)cc2)c2cccc(-c3cccc4c3sc3ccccc34)c2)CC=C1c1ccc2c(ccc3oc4ccccc4c32)c1. The lowest BCUT2D eigenvalue weighted by atomic mass is 9.93. The number of rotatable bonds is 6. The van der Waals surface area contributed by atoms with Gasteiger partial charge < -0.3 is 9.32 Å². The highest BCUT2D eigenvalue weighted by Crippen LogP contribution is 2.42. The van der Waals surface area contributed by atoms with E-state index in [0.717, 1.165) is 23.0 Å². The molecule has 0 bridgehead atoms. The van der Waals surface area contributed by atoms with Crippen molar-refractivity contribution >= 4 is 81.2 Å². The van der Waals surface area contributed by atoms with Crippen LogP contribution < -0.4 is 4.90 Å². The van der Waals surface area contributed by atoms with E-state index in [4.69, 9.17) is 4.42 Å². The maximum Gasteiger partial charge on any atom is 0.136 e. The minimum atomic E-state index is 0.138. The summed E-state index contributed by atoms with van der Waals surface area (Å²) in [6, 6.07) is 63.9. The zero-order valence-corrected chi connectivity index (χ0v) is 30.8. The monoisotopic (exact) mass is 721 g/mol. The number of hydrogen-bond acceptors (Lipinski definition) is 3. The van der Waals surface area contributed by atoms with Crippen molar-refractivity contribution in [3.8, 4) is 22.3 Å². The third-order valence-corrected chi connectivity index (χ3v) is 12.4. The van der Waals surface area contributed by atoms with E-state index < -0.39 is 0 Å². The predicted octanol–water partition coefficient (Wildman–Crippen LogP) is 15.0. The van der Waals surface area contributed by atoms with Crippen LogP contribution in [0, 0.1) is 0 Å². The Morgan fingerprint density at radius 2 is 1.25 bits per heavy atom. The number of para-hydroxylation sites is 1. The van der Waals surface area contributed by atoms with Crippen molar-refractivity contribution < 1.29 is 4.42 Å². The van der Waals surface area contributed by atoms with Gasteiger partial charge in [0.15, 0.2) is 0 Å². The van der Waals surface area contributed by atoms with Crippen LogP contribution in [0.3, 0.4) is 0 Å². The Labute approximate surface area is 323 Å². The van der Waals surface area contributed by atoms with Crippen molar-refractivity contribution in [2.75, 3.05) is 4.90 Å². The number of anilines is 2. The molecule has 55 heavy (non-hydrogen) atoms. The second-order valence-corrected chi connectivity index (χ2v) is 15.5. The number of furan rings is 1. The van der Waals surface area contributed by atoms with Gasteiger partial charge >= 0.3 is 0 Å². The van der Waals surface area contributed by atoms with Crippen LogP contribution in [0.1, 0.15) is 12.0 Å². The van der Waals surface area contributed by atoms with Crippen LogP contribution in [0.5, 0.6) is 0 Å². The van der Waals surface area contributed by atoms with Crippen molar-refractivity contribution in [1.29, 1.82) is 0 Å². The summed E-state index contributed by atoms with van der Waals surface area (Å²) >= 11 is 1.88. The number of fused-ring (bicyclic) bond motifs is 8. The highest BCUT2D eigenvalue weighted by Gasteiger charge is 2.22. The average molecular weight is 722 g/mol. The van der Waals surface area contributed by atoms with Gasteiger partial charge in [-0.05, 0) is 99.1 Å². The molecule has 2 heterocycles. The van der Waals surface area contributed by atoms with Crippen molar-refractivity contribution in [2.24, 2.45) is 0 Å². The van der Waals surface area contributed by atoms with E-state index >= 15 is 0 Å². The van der Waals surface area contributed by atoms with Gasteiger partial charge in [-0.1, -0.05) is 146 Å². The number of hydrogen-bond donors (Lipinski definition) is 0. The van der Waals surface area contributed by atoms with Gasteiger partial charge in [0.05, 0.1) is 6.04 Å². The Bertz CT molecular complexity index is 3130. The van der Waals surface area contributed by atoms with Crippen LogP contribution in [-0.4, -0.2) is 6.04 Å². The lowest BCUT2D eigenvalue weighted by Crippen LogP contribution is -2.30. The maximum atomic E-state index is 6.18. The fourth-order valence-corrected chi connectivity index (χ4v) is 9.76. The van der Waals surface area contributed by atoms with E-state index in [1.165, 1.54) is 81.1 Å². The Balaban J connectivity index is 0.968. The maximum absolute atomic E-state index is 6.18. The fraction of sp³-hybridized carbons (Fsp3) is 0.0385. The molecule has 0 saturated heterocycles. The van der Waals surface area contributed by atoms with E-state index in [9.17, 15) is 0 Å². The quantitative estimate of drug-likeness (QED) is 0.170. The summed E-state index contributed by atoms with van der Waals surface area (Å²) in [7, 11) is 0. The van der Waals surface area contributed by atoms with Crippen molar-refractivity contribution in [2.45, 2.75) is 12.5 Å². The first-order valence-electron chi connectivity index (χ1n) is 18.9. The molecule has 3 heteroatoms. The van der Waals surface area contributed by atoms with E-state index in [1.807, 2.05) is 23.5 Å². The lowest BCUT2D eigenvalue weighted by Gasteiger charge is -2.33. The van der Waals surface area contributed by atoms with Gasteiger partial charge in [-0.2, -0.15) is 0 Å². The molecule has 1 unspecified atom stereocenters. The summed E-state index contributed by atoms with van der Waals surface area (Å²) in [6.45, 7) is 0. The first kappa shape index (κ1) is 31.8. The van der Waals surface area contributed by atoms with Crippen LogP contribution in [0.4, 0.5) is 11.4 Å². The molecule has 0 saturated carbocycles. The van der Waals surface area contributed by atoms with Gasteiger partial charge in [-0.25, -0.2) is 0 Å². The zero-order chi connectivity index (χ0) is 36.3. The molecule has 10 aromatic rings. The number of benzene rings is 8. The van der Waals surface area contributed by atoms with Crippen LogP contribution in [0.15, 0.2) is 199 Å². The second-order valence-electron chi connectivity index (χ2n) is 14.4. The minimum absolute atomic E-state index is 0.138. The number of allylic oxidation sites excluding steroid dienone is 2. The molecule has 0 N–H and O–H groups in total. The van der Waals surface area contributed by atoms with E-state index in [1.54, 1.807) is 0 Å². The molecular formula is C52H35NOS. The molecule has 0 aliphatic heterocycles. The molecule has 0 radical (unpaired) electrons. The summed E-state index contributed by atoms with van der Waals surface area (Å²) in [5.41, 5.74) is 11.6. The van der Waals surface area contributed by atoms with Gasteiger partial charge in [-0.15, -0.1) is 11.3 Å². The molecule has 1 aliphatic rings. The molecule has 11 rings (SSSR count). The van der Waals surface area contributed by atoms with E-state index in [0.29, 0.717) is 0 Å². The molecule has 1 atom stereocenters. The summed E-state index contributed by atoms with van der Waals surface area (Å²) in [4.78, 5) is 2.51.